The highest BCUT2D eigenvalue weighted by Gasteiger charge is 2.13. The maximum absolute atomic E-state index is 10.5. The molecule has 164 valence electrons. The van der Waals surface area contributed by atoms with Crippen LogP contribution in [0.5, 0.6) is 11.5 Å². The molecule has 5 rings (SSSR count). The first kappa shape index (κ1) is 23.9. The third-order valence-electron chi connectivity index (χ3n) is 3.70. The van der Waals surface area contributed by atoms with Crippen LogP contribution in [0, 0.1) is 0 Å². The largest absolute Gasteiger partial charge is 0.453 e. The van der Waals surface area contributed by atoms with E-state index in [0.29, 0.717) is 12.8 Å². The molecule has 0 fully saturated rings. The Labute approximate surface area is 187 Å². The summed E-state index contributed by atoms with van der Waals surface area (Å²) in [6.07, 6.45) is 10.3. The normalized spacial score (nSPS) is 9.75. The number of nitrogens with zero attached hydrogens (tertiary/aromatic N) is 2. The molecule has 0 bridgehead atoms. The summed E-state index contributed by atoms with van der Waals surface area (Å²) < 4.78 is 14.4. The predicted molar refractivity (Wildman–Crippen MR) is 124 cm³/mol. The number of rotatable bonds is 4. The lowest BCUT2D eigenvalue weighted by Gasteiger charge is -2.20. The molecule has 0 amide bonds. The summed E-state index contributed by atoms with van der Waals surface area (Å²) in [6, 6.07) is 19.3. The van der Waals surface area contributed by atoms with E-state index >= 15 is 0 Å². The number of nitrogens with one attached hydrogen (secondary N) is 1. The summed E-state index contributed by atoms with van der Waals surface area (Å²) in [4.78, 5) is 10.5. The van der Waals surface area contributed by atoms with Gasteiger partial charge in [0.05, 0.1) is 23.8 Å². The number of hydrogen-bond acceptors (Lipinski definition) is 7. The van der Waals surface area contributed by atoms with Crippen molar-refractivity contribution in [2.45, 2.75) is 12.8 Å². The van der Waals surface area contributed by atoms with Crippen molar-refractivity contribution in [3.8, 4) is 11.5 Å². The first-order valence-electron chi connectivity index (χ1n) is 9.79. The van der Waals surface area contributed by atoms with Crippen molar-refractivity contribution in [2.75, 3.05) is 5.32 Å². The topological polar surface area (TPSA) is 90.4 Å². The summed E-state index contributed by atoms with van der Waals surface area (Å²) in [5, 5.41) is 10.0. The van der Waals surface area contributed by atoms with Crippen molar-refractivity contribution < 1.29 is 18.6 Å². The molecular formula is C25H25N3O4. The number of fused-ring (bicyclic) bond motifs is 2. The number of para-hydroxylation sites is 4. The fourth-order valence-corrected chi connectivity index (χ4v) is 2.34. The first-order chi connectivity index (χ1) is 15.7. The molecule has 7 heteroatoms. The molecule has 0 atom stereocenters. The summed E-state index contributed by atoms with van der Waals surface area (Å²) in [5.74, 6) is 1.94. The van der Waals surface area contributed by atoms with Gasteiger partial charge in [0, 0.05) is 12.8 Å². The van der Waals surface area contributed by atoms with Crippen molar-refractivity contribution >= 4 is 17.2 Å². The summed E-state index contributed by atoms with van der Waals surface area (Å²) in [5.41, 5.74) is 2.04. The molecular weight excluding hydrogens is 406 g/mol. The molecule has 0 saturated heterocycles. The number of benzene rings is 2. The summed E-state index contributed by atoms with van der Waals surface area (Å²) in [7, 11) is 0. The third-order valence-corrected chi connectivity index (χ3v) is 3.70. The lowest BCUT2D eigenvalue weighted by Crippen LogP contribution is -2.01. The Bertz CT molecular complexity index is 885. The SMILES string of the molecule is C=CCC(=O)CC=C.c1ccc2c(c1)Nc1ccccc1O2.c1cnoc1.c1cnoc1. The molecule has 0 aliphatic carbocycles. The number of carbonyl (C=O) groups excluding carboxylic acids is 1. The van der Waals surface area contributed by atoms with Crippen LogP contribution < -0.4 is 10.1 Å². The van der Waals surface area contributed by atoms with E-state index < -0.39 is 0 Å². The van der Waals surface area contributed by atoms with Crippen molar-refractivity contribution in [1.29, 1.82) is 0 Å². The van der Waals surface area contributed by atoms with Gasteiger partial charge in [0.25, 0.3) is 0 Å². The van der Waals surface area contributed by atoms with Crippen molar-refractivity contribution in [3.05, 3.63) is 111 Å². The molecule has 32 heavy (non-hydrogen) atoms. The number of carbonyl (C=O) groups is 1. The smallest absolute Gasteiger partial charge is 0.150 e. The van der Waals surface area contributed by atoms with Crippen LogP contribution in [0.25, 0.3) is 0 Å². The molecule has 1 aliphatic rings. The Morgan fingerprint density at radius 1 is 0.781 bits per heavy atom. The highest BCUT2D eigenvalue weighted by Crippen LogP contribution is 2.40. The monoisotopic (exact) mass is 431 g/mol. The van der Waals surface area contributed by atoms with Gasteiger partial charge in [0.2, 0.25) is 0 Å². The zero-order chi connectivity index (χ0) is 22.9. The van der Waals surface area contributed by atoms with E-state index in [1.54, 1.807) is 36.7 Å². The van der Waals surface area contributed by atoms with Gasteiger partial charge in [-0.3, -0.25) is 4.79 Å². The van der Waals surface area contributed by atoms with Gasteiger partial charge < -0.3 is 19.1 Å². The fraction of sp³-hybridized carbons (Fsp3) is 0.0800. The van der Waals surface area contributed by atoms with Crippen LogP contribution in [0.15, 0.2) is 120 Å². The maximum Gasteiger partial charge on any atom is 0.150 e. The second-order valence-corrected chi connectivity index (χ2v) is 6.12. The first-order valence-corrected chi connectivity index (χ1v) is 9.79. The third kappa shape index (κ3) is 8.96. The van der Waals surface area contributed by atoms with E-state index in [0.717, 1.165) is 22.9 Å². The number of aromatic nitrogens is 2. The number of ether oxygens (including phenoxy) is 1. The number of Topliss-reactive ketones (excluding diaryl/α,β-unsaturated/α-hetero) is 1. The van der Waals surface area contributed by atoms with Crippen LogP contribution >= 0.6 is 0 Å². The van der Waals surface area contributed by atoms with Gasteiger partial charge in [0.1, 0.15) is 18.3 Å². The summed E-state index contributed by atoms with van der Waals surface area (Å²) in [6.45, 7) is 6.86. The predicted octanol–water partition coefficient (Wildman–Crippen LogP) is 6.59. The van der Waals surface area contributed by atoms with Crippen LogP contribution in [0.4, 0.5) is 11.4 Å². The minimum absolute atomic E-state index is 0.176. The van der Waals surface area contributed by atoms with E-state index in [1.807, 2.05) is 48.5 Å². The molecule has 1 N–H and O–H groups in total. The van der Waals surface area contributed by atoms with Gasteiger partial charge in [-0.2, -0.15) is 0 Å². The lowest BCUT2D eigenvalue weighted by molar-refractivity contribution is -0.117. The molecule has 0 unspecified atom stereocenters. The highest BCUT2D eigenvalue weighted by atomic mass is 16.5. The second-order valence-electron chi connectivity index (χ2n) is 6.12. The van der Waals surface area contributed by atoms with E-state index in [2.05, 4.69) is 37.8 Å². The lowest BCUT2D eigenvalue weighted by atomic mass is 10.2. The molecule has 0 radical (unpaired) electrons. The van der Waals surface area contributed by atoms with Gasteiger partial charge >= 0.3 is 0 Å². The molecule has 0 saturated carbocycles. The van der Waals surface area contributed by atoms with Crippen LogP contribution in [0.1, 0.15) is 12.8 Å². The van der Waals surface area contributed by atoms with Gasteiger partial charge in [-0.15, -0.1) is 13.2 Å². The van der Waals surface area contributed by atoms with E-state index in [4.69, 9.17) is 4.74 Å². The van der Waals surface area contributed by atoms with Crippen LogP contribution in [-0.2, 0) is 4.79 Å². The molecule has 7 nitrogen and oxygen atoms in total. The number of anilines is 2. The molecule has 2 aromatic carbocycles. The average Bonchev–Trinajstić information content (AvgIpc) is 3.58. The van der Waals surface area contributed by atoms with Gasteiger partial charge in [-0.05, 0) is 36.4 Å². The van der Waals surface area contributed by atoms with Crippen molar-refractivity contribution in [2.24, 2.45) is 0 Å². The van der Waals surface area contributed by atoms with Crippen LogP contribution in [-0.4, -0.2) is 16.1 Å². The Morgan fingerprint density at radius 2 is 1.25 bits per heavy atom. The zero-order valence-electron chi connectivity index (χ0n) is 17.6. The standard InChI is InChI=1S/C12H9NO.C7H10O.2C3H3NO/c1-3-7-11-9(5-1)13-10-6-2-4-8-12(10)14-11;1-3-5-7(8)6-4-2;2*1-2-4-5-3-1/h1-8,13H;3-4H,1-2,5-6H2;2*1-3H. The highest BCUT2D eigenvalue weighted by molar-refractivity contribution is 5.81. The van der Waals surface area contributed by atoms with Gasteiger partial charge in [-0.25, -0.2) is 0 Å². The second kappa shape index (κ2) is 14.6. The average molecular weight is 431 g/mol. The molecule has 3 heterocycles. The summed E-state index contributed by atoms with van der Waals surface area (Å²) >= 11 is 0. The van der Waals surface area contributed by atoms with Crippen LogP contribution in [0.2, 0.25) is 0 Å². The Hall–Kier alpha value is -4.39. The van der Waals surface area contributed by atoms with Gasteiger partial charge in [-0.1, -0.05) is 46.7 Å². The van der Waals surface area contributed by atoms with E-state index in [-0.39, 0.29) is 5.78 Å². The minimum Gasteiger partial charge on any atom is -0.453 e. The quantitative estimate of drug-likeness (QED) is 0.321. The minimum atomic E-state index is 0.176. The molecule has 1 aliphatic heterocycles. The van der Waals surface area contributed by atoms with Crippen molar-refractivity contribution in [1.82, 2.24) is 10.3 Å². The number of hydrogen-bond donors (Lipinski definition) is 1. The fourth-order valence-electron chi connectivity index (χ4n) is 2.34. The Morgan fingerprint density at radius 3 is 1.59 bits per heavy atom. The number of ketones is 1. The number of allylic oxidation sites excluding steroid dienone is 2. The van der Waals surface area contributed by atoms with E-state index in [1.165, 1.54) is 12.5 Å². The molecule has 4 aromatic rings. The van der Waals surface area contributed by atoms with Crippen molar-refractivity contribution in [3.63, 3.8) is 0 Å². The van der Waals surface area contributed by atoms with Gasteiger partial charge in [0.15, 0.2) is 11.5 Å². The zero-order valence-corrected chi connectivity index (χ0v) is 17.6. The maximum atomic E-state index is 10.5. The Kier molecular flexibility index (Phi) is 10.9. The van der Waals surface area contributed by atoms with E-state index in [9.17, 15) is 4.79 Å². The molecule has 2 aromatic heterocycles. The Balaban J connectivity index is 0.000000171. The molecule has 0 spiro atoms. The van der Waals surface area contributed by atoms with Crippen LogP contribution in [0.3, 0.4) is 0 Å².